The maximum absolute atomic E-state index is 4.50. The van der Waals surface area contributed by atoms with Crippen LogP contribution in [0.25, 0.3) is 0 Å². The van der Waals surface area contributed by atoms with Gasteiger partial charge in [0.15, 0.2) is 0 Å². The molecule has 0 amide bonds. The Bertz CT molecular complexity index is 576. The standard InChI is InChI=1S/C16H25N5/c1-5-7-17-15(11-16-18-8-9-21(16)6-2)14-10-12(3)19-20-13(14)4/h8-10,15,17H,5-7,11H2,1-4H3. The number of nitrogens with one attached hydrogen (secondary N) is 1. The van der Waals surface area contributed by atoms with Gasteiger partial charge in [-0.25, -0.2) is 4.98 Å². The van der Waals surface area contributed by atoms with E-state index in [1.807, 2.05) is 26.2 Å². The number of hydrogen-bond acceptors (Lipinski definition) is 4. The molecule has 1 unspecified atom stereocenters. The monoisotopic (exact) mass is 287 g/mol. The summed E-state index contributed by atoms with van der Waals surface area (Å²) in [6.45, 7) is 10.3. The van der Waals surface area contributed by atoms with E-state index in [1.165, 1.54) is 5.56 Å². The van der Waals surface area contributed by atoms with Crippen molar-refractivity contribution < 1.29 is 0 Å². The second-order valence-corrected chi connectivity index (χ2v) is 5.37. The first kappa shape index (κ1) is 15.6. The van der Waals surface area contributed by atoms with Crippen LogP contribution < -0.4 is 5.32 Å². The first-order valence-corrected chi connectivity index (χ1v) is 7.69. The summed E-state index contributed by atoms with van der Waals surface area (Å²) < 4.78 is 2.19. The molecular weight excluding hydrogens is 262 g/mol. The van der Waals surface area contributed by atoms with E-state index in [1.54, 1.807) is 0 Å². The van der Waals surface area contributed by atoms with Crippen LogP contribution in [0.15, 0.2) is 18.5 Å². The average Bonchev–Trinajstić information content (AvgIpc) is 2.93. The van der Waals surface area contributed by atoms with Crippen LogP contribution >= 0.6 is 0 Å². The van der Waals surface area contributed by atoms with Crippen LogP contribution in [0, 0.1) is 13.8 Å². The molecule has 0 aromatic carbocycles. The molecule has 2 aromatic heterocycles. The molecular formula is C16H25N5. The smallest absolute Gasteiger partial charge is 0.110 e. The Morgan fingerprint density at radius 2 is 2.05 bits per heavy atom. The van der Waals surface area contributed by atoms with E-state index < -0.39 is 0 Å². The summed E-state index contributed by atoms with van der Waals surface area (Å²) in [5.74, 6) is 1.11. The van der Waals surface area contributed by atoms with Gasteiger partial charge in [0.25, 0.3) is 0 Å². The second kappa shape index (κ2) is 7.31. The van der Waals surface area contributed by atoms with Gasteiger partial charge >= 0.3 is 0 Å². The number of hydrogen-bond donors (Lipinski definition) is 1. The quantitative estimate of drug-likeness (QED) is 0.850. The van der Waals surface area contributed by atoms with Crippen molar-refractivity contribution in [2.75, 3.05) is 6.54 Å². The molecule has 2 heterocycles. The first-order valence-electron chi connectivity index (χ1n) is 7.69. The summed E-state index contributed by atoms with van der Waals surface area (Å²) in [5.41, 5.74) is 3.17. The van der Waals surface area contributed by atoms with Crippen molar-refractivity contribution in [1.29, 1.82) is 0 Å². The van der Waals surface area contributed by atoms with Gasteiger partial charge in [0.05, 0.1) is 11.4 Å². The lowest BCUT2D eigenvalue weighted by atomic mass is 10.0. The summed E-state index contributed by atoms with van der Waals surface area (Å²) in [6.07, 6.45) is 5.88. The zero-order chi connectivity index (χ0) is 15.2. The number of aromatic nitrogens is 4. The Morgan fingerprint density at radius 1 is 1.24 bits per heavy atom. The van der Waals surface area contributed by atoms with Gasteiger partial charge in [-0.2, -0.15) is 10.2 Å². The SMILES string of the molecule is CCCNC(Cc1nccn1CC)c1cc(C)nnc1C. The molecule has 5 heteroatoms. The lowest BCUT2D eigenvalue weighted by molar-refractivity contribution is 0.501. The Labute approximate surface area is 126 Å². The fourth-order valence-electron chi connectivity index (χ4n) is 2.53. The molecule has 21 heavy (non-hydrogen) atoms. The van der Waals surface area contributed by atoms with E-state index in [-0.39, 0.29) is 6.04 Å². The zero-order valence-corrected chi connectivity index (χ0v) is 13.4. The molecule has 0 aliphatic heterocycles. The van der Waals surface area contributed by atoms with Crippen LogP contribution in [-0.2, 0) is 13.0 Å². The summed E-state index contributed by atoms with van der Waals surface area (Å²) in [4.78, 5) is 4.50. The van der Waals surface area contributed by atoms with Crippen molar-refractivity contribution in [2.24, 2.45) is 0 Å². The molecule has 0 saturated heterocycles. The molecule has 0 spiro atoms. The number of rotatable bonds is 7. The molecule has 0 saturated carbocycles. The highest BCUT2D eigenvalue weighted by Crippen LogP contribution is 2.20. The molecule has 0 bridgehead atoms. The predicted molar refractivity (Wildman–Crippen MR) is 84.1 cm³/mol. The van der Waals surface area contributed by atoms with Crippen molar-refractivity contribution in [3.05, 3.63) is 41.2 Å². The molecule has 0 radical (unpaired) electrons. The van der Waals surface area contributed by atoms with E-state index >= 15 is 0 Å². The lowest BCUT2D eigenvalue weighted by Crippen LogP contribution is -2.26. The molecule has 0 aliphatic carbocycles. The Kier molecular flexibility index (Phi) is 5.44. The van der Waals surface area contributed by atoms with E-state index in [0.717, 1.165) is 43.1 Å². The van der Waals surface area contributed by atoms with Crippen molar-refractivity contribution >= 4 is 0 Å². The average molecular weight is 287 g/mol. The third-order valence-electron chi connectivity index (χ3n) is 3.69. The van der Waals surface area contributed by atoms with Gasteiger partial charge in [-0.05, 0) is 45.4 Å². The largest absolute Gasteiger partial charge is 0.335 e. The topological polar surface area (TPSA) is 55.6 Å². The van der Waals surface area contributed by atoms with Crippen LogP contribution in [-0.4, -0.2) is 26.3 Å². The highest BCUT2D eigenvalue weighted by Gasteiger charge is 2.17. The Hall–Kier alpha value is -1.75. The maximum atomic E-state index is 4.50. The normalized spacial score (nSPS) is 12.6. The Morgan fingerprint density at radius 3 is 2.76 bits per heavy atom. The van der Waals surface area contributed by atoms with Crippen LogP contribution in [0.4, 0.5) is 0 Å². The summed E-state index contributed by atoms with van der Waals surface area (Å²) in [6, 6.07) is 2.36. The number of aryl methyl sites for hydroxylation is 3. The van der Waals surface area contributed by atoms with Gasteiger partial charge < -0.3 is 9.88 Å². The van der Waals surface area contributed by atoms with Crippen LogP contribution in [0.3, 0.4) is 0 Å². The zero-order valence-electron chi connectivity index (χ0n) is 13.4. The summed E-state index contributed by atoms with van der Waals surface area (Å²) in [5, 5.41) is 12.0. The van der Waals surface area contributed by atoms with Crippen LogP contribution in [0.1, 0.15) is 49.1 Å². The van der Waals surface area contributed by atoms with E-state index in [2.05, 4.69) is 45.0 Å². The third kappa shape index (κ3) is 3.88. The lowest BCUT2D eigenvalue weighted by Gasteiger charge is -2.20. The first-order chi connectivity index (χ1) is 10.2. The second-order valence-electron chi connectivity index (χ2n) is 5.37. The molecule has 1 N–H and O–H groups in total. The van der Waals surface area contributed by atoms with Crippen LogP contribution in [0.2, 0.25) is 0 Å². The molecule has 5 nitrogen and oxygen atoms in total. The minimum absolute atomic E-state index is 0.229. The number of nitrogens with zero attached hydrogens (tertiary/aromatic N) is 4. The minimum atomic E-state index is 0.229. The van der Waals surface area contributed by atoms with Crippen molar-refractivity contribution in [3.63, 3.8) is 0 Å². The van der Waals surface area contributed by atoms with Crippen molar-refractivity contribution in [3.8, 4) is 0 Å². The Balaban J connectivity index is 2.27. The van der Waals surface area contributed by atoms with E-state index in [4.69, 9.17) is 0 Å². The van der Waals surface area contributed by atoms with Gasteiger partial charge in [0, 0.05) is 31.4 Å². The molecule has 1 atom stereocenters. The summed E-state index contributed by atoms with van der Waals surface area (Å²) >= 11 is 0. The molecule has 0 fully saturated rings. The maximum Gasteiger partial charge on any atom is 0.110 e. The highest BCUT2D eigenvalue weighted by atomic mass is 15.1. The minimum Gasteiger partial charge on any atom is -0.335 e. The van der Waals surface area contributed by atoms with Gasteiger partial charge in [-0.3, -0.25) is 0 Å². The fraction of sp³-hybridized carbons (Fsp3) is 0.562. The molecule has 2 aromatic rings. The van der Waals surface area contributed by atoms with Crippen molar-refractivity contribution in [1.82, 2.24) is 25.1 Å². The fourth-order valence-corrected chi connectivity index (χ4v) is 2.53. The molecule has 114 valence electrons. The van der Waals surface area contributed by atoms with Gasteiger partial charge in [-0.1, -0.05) is 6.92 Å². The van der Waals surface area contributed by atoms with Crippen LogP contribution in [0.5, 0.6) is 0 Å². The third-order valence-corrected chi connectivity index (χ3v) is 3.69. The molecule has 2 rings (SSSR count). The summed E-state index contributed by atoms with van der Waals surface area (Å²) in [7, 11) is 0. The molecule has 0 aliphatic rings. The van der Waals surface area contributed by atoms with E-state index in [0.29, 0.717) is 0 Å². The predicted octanol–water partition coefficient (Wildman–Crippen LogP) is 2.59. The van der Waals surface area contributed by atoms with Crippen molar-refractivity contribution in [2.45, 2.75) is 53.1 Å². The van der Waals surface area contributed by atoms with E-state index in [9.17, 15) is 0 Å². The van der Waals surface area contributed by atoms with Gasteiger partial charge in [-0.15, -0.1) is 0 Å². The highest BCUT2D eigenvalue weighted by molar-refractivity contribution is 5.24. The van der Waals surface area contributed by atoms with Gasteiger partial charge in [0.2, 0.25) is 0 Å². The number of imidazole rings is 1. The van der Waals surface area contributed by atoms with Gasteiger partial charge in [0.1, 0.15) is 5.82 Å².